The third-order valence-electron chi connectivity index (χ3n) is 27.5. The smallest absolute Gasteiger partial charge is 0.193 e. The molecule has 0 fully saturated rings. The van der Waals surface area contributed by atoms with E-state index in [4.69, 9.17) is 26.5 Å². The van der Waals surface area contributed by atoms with Gasteiger partial charge in [-0.1, -0.05) is 189 Å². The van der Waals surface area contributed by atoms with Crippen molar-refractivity contribution in [2.24, 2.45) is 0 Å². The molecule has 0 N–H and O–H groups in total. The molecule has 145 heavy (non-hydrogen) atoms. The van der Waals surface area contributed by atoms with Gasteiger partial charge in [-0.2, -0.15) is 0 Å². The second kappa shape index (κ2) is 39.5. The van der Waals surface area contributed by atoms with E-state index in [0.717, 1.165) is 130 Å². The molecule has 0 aliphatic carbocycles. The highest BCUT2D eigenvalue weighted by Crippen LogP contribution is 2.45. The highest BCUT2D eigenvalue weighted by atomic mass is 16.3. The first kappa shape index (κ1) is 92.6. The van der Waals surface area contributed by atoms with Gasteiger partial charge in [0.25, 0.3) is 0 Å². The number of rotatable bonds is 0. The topological polar surface area (TPSA) is 181 Å². The zero-order valence-corrected chi connectivity index (χ0v) is 79.5. The maximum absolute atomic E-state index is 14.6. The highest BCUT2D eigenvalue weighted by Gasteiger charge is 2.18. The van der Waals surface area contributed by atoms with Gasteiger partial charge in [0, 0.05) is 64.6 Å². The highest BCUT2D eigenvalue weighted by molar-refractivity contribution is 6.42. The van der Waals surface area contributed by atoms with Crippen LogP contribution in [0.4, 0.5) is 0 Å². The first-order valence-electron chi connectivity index (χ1n) is 47.7. The quantitative estimate of drug-likeness (QED) is 0.140. The predicted octanol–water partition coefficient (Wildman–Crippen LogP) is 33.9. The van der Waals surface area contributed by atoms with E-state index in [9.17, 15) is 28.8 Å². The van der Waals surface area contributed by atoms with Crippen LogP contribution in [-0.4, -0.2) is 0 Å². The summed E-state index contributed by atoms with van der Waals surface area (Å²) in [5.74, 6) is 0. The van der Waals surface area contributed by atoms with Gasteiger partial charge in [-0.25, -0.2) is 0 Å². The average molecular weight is 1880 g/mol. The van der Waals surface area contributed by atoms with Gasteiger partial charge in [-0.05, 0) is 427 Å². The fourth-order valence-corrected chi connectivity index (χ4v) is 19.1. The van der Waals surface area contributed by atoms with Crippen LogP contribution in [-0.2, 0) is 0 Å². The molecular weight excluding hydrogens is 1790 g/mol. The molecule has 0 amide bonds. The summed E-state index contributed by atoms with van der Waals surface area (Å²) < 4.78 is 41.0. The minimum atomic E-state index is -0.166. The van der Waals surface area contributed by atoms with Gasteiger partial charge >= 0.3 is 0 Å². The molecule has 12 heteroatoms. The molecular formula is C133H94O12. The van der Waals surface area contributed by atoms with Crippen LogP contribution in [0.15, 0.2) is 492 Å². The van der Waals surface area contributed by atoms with E-state index >= 15 is 0 Å². The van der Waals surface area contributed by atoms with Gasteiger partial charge in [0.2, 0.25) is 0 Å². The molecule has 0 radical (unpaired) electrons. The fraction of sp³-hybridized carbons (Fsp3) is 0.0526. The van der Waals surface area contributed by atoms with Gasteiger partial charge in [-0.15, -0.1) is 0 Å². The summed E-state index contributed by atoms with van der Waals surface area (Å²) >= 11 is 0. The molecule has 12 nitrogen and oxygen atoms in total. The van der Waals surface area contributed by atoms with E-state index in [1.165, 1.54) is 0 Å². The molecule has 0 saturated carbocycles. The normalized spacial score (nSPS) is 11.2. The minimum Gasteiger partial charge on any atom is -0.457 e. The Bertz CT molecular complexity index is 8820. The molecule has 37 aromatic rings. The summed E-state index contributed by atoms with van der Waals surface area (Å²) in [6, 6.07) is 137. The average Bonchev–Trinajstić information content (AvgIpc) is 0.710. The molecule has 0 aliphatic rings. The van der Waals surface area contributed by atoms with Crippen molar-refractivity contribution in [3.05, 3.63) is 531 Å². The summed E-state index contributed by atoms with van der Waals surface area (Å²) in [6.45, 7) is 12.2. The van der Waals surface area contributed by atoms with Gasteiger partial charge in [0.1, 0.15) is 67.0 Å². The summed E-state index contributed by atoms with van der Waals surface area (Å²) in [7, 11) is 0. The summed E-state index contributed by atoms with van der Waals surface area (Å²) in [5.41, 5.74) is 10.8. The lowest BCUT2D eigenvalue weighted by Crippen LogP contribution is -1.98. The SMILES string of the molecule is C.Cc1c(C)c2cccc(c2)c(=O)c2ccc(cc2)oc2ccc(cc2)c2c(c3ccc(cc3)oc3ccc(cc3)c(=O)c3cccc1c3)c1c3ccc(cc3)oc3ccc(cc3)c(=O)c3cccc(c3)c(C)c(C)c3cccc(c3)c(=O)c3ccc(cc3)oc3ccc(cc3)c1c1c3ccc(cc3)oc3ccc(cc3)c(=O)c3cccc(c3)c(C)c(C)c3cccc(c3)c(=O)c3ccc(cc3)oc3ccc(cc3)c21. The van der Waals surface area contributed by atoms with Crippen molar-refractivity contribution >= 4 is 229 Å². The lowest BCUT2D eigenvalue weighted by atomic mass is 9.88. The Morgan fingerprint density at radius 3 is 0.324 bits per heavy atom. The predicted molar refractivity (Wildman–Crippen MR) is 606 cm³/mol. The molecule has 18 heterocycles. The Kier molecular flexibility index (Phi) is 25.2. The van der Waals surface area contributed by atoms with Crippen LogP contribution in [0.5, 0.6) is 0 Å². The van der Waals surface area contributed by atoms with Crippen LogP contribution in [0.25, 0.3) is 229 Å². The largest absolute Gasteiger partial charge is 0.457 e. The Balaban J connectivity index is 0.0000124. The van der Waals surface area contributed by atoms with Crippen molar-refractivity contribution in [3.63, 3.8) is 0 Å². The van der Waals surface area contributed by atoms with E-state index in [0.29, 0.717) is 132 Å². The molecule has 0 unspecified atom stereocenters. The third kappa shape index (κ3) is 18.9. The lowest BCUT2D eigenvalue weighted by molar-refractivity contribution is 0.655. The molecule has 0 atom stereocenters. The lowest BCUT2D eigenvalue weighted by Gasteiger charge is -2.15. The van der Waals surface area contributed by atoms with Crippen molar-refractivity contribution in [2.75, 3.05) is 0 Å². The molecule has 18 aromatic heterocycles. The van der Waals surface area contributed by atoms with Crippen molar-refractivity contribution in [1.82, 2.24) is 0 Å². The molecule has 698 valence electrons. The zero-order valence-electron chi connectivity index (χ0n) is 79.5. The van der Waals surface area contributed by atoms with E-state index in [1.54, 1.807) is 146 Å². The number of aryl methyl sites for hydroxylation is 6. The zero-order chi connectivity index (χ0) is 98.3. The van der Waals surface area contributed by atoms with Crippen molar-refractivity contribution in [2.45, 2.75) is 49.0 Å². The second-order valence-corrected chi connectivity index (χ2v) is 36.4. The third-order valence-corrected chi connectivity index (χ3v) is 27.5. The van der Waals surface area contributed by atoms with Crippen molar-refractivity contribution in [1.29, 1.82) is 0 Å². The van der Waals surface area contributed by atoms with Crippen molar-refractivity contribution < 1.29 is 26.5 Å². The van der Waals surface area contributed by atoms with Crippen molar-refractivity contribution in [3.8, 4) is 0 Å². The molecule has 37 rings (SSSR count). The van der Waals surface area contributed by atoms with Crippen LogP contribution < -0.4 is 32.6 Å². The summed E-state index contributed by atoms with van der Waals surface area (Å²) in [5, 5.41) is 20.4. The number of hydrogen-bond acceptors (Lipinski definition) is 12. The maximum atomic E-state index is 14.6. The summed E-state index contributed by atoms with van der Waals surface area (Å²) in [6.07, 6.45) is 0. The van der Waals surface area contributed by atoms with E-state index in [-0.39, 0.29) is 40.0 Å². The number of fused-ring (bicyclic) bond motifs is 6. The Hall–Kier alpha value is -18.8. The molecule has 0 spiro atoms. The molecule has 0 aliphatic heterocycles. The first-order valence-corrected chi connectivity index (χ1v) is 47.7. The standard InChI is InChI=1S/C132H90O12.CH4/c1-79-80(2)98-14-8-20-104(74-98)128(134)92-39-63-116(64-40-92)140-110-51-27-86(28-52-110)122-121(85-25-49-109(50-26-85)139-115-61-37-91(38-62-115)127(133)103-19-7-13-97(79)73-103)123-87-29-53-111(54-30-87)141-117-65-41-93(42-66-117)129(135)105-21-9-15-99(75-105)81(3)82(4)101-17-11-23-107(77-101)131(137)95-45-69-119(70-46-95)143-113-57-33-89(34-58-113)125(123)126-90-35-59-114(60-36-90)144-120-71-47-96(48-72-120)132(138)108-24-12-18-102(78-108)84(6)83(5)100-16-10-22-106(76-100)130(136)94-43-67-118(68-44-94)142-112-55-31-88(32-56-112)124(122)126;/h7-78H,1-6H3;1H4. The van der Waals surface area contributed by atoms with Gasteiger partial charge in [-0.3, -0.25) is 28.8 Å². The van der Waals surface area contributed by atoms with Crippen LogP contribution in [0, 0.1) is 41.5 Å². The second-order valence-electron chi connectivity index (χ2n) is 36.4. The van der Waals surface area contributed by atoms with E-state index in [2.05, 4.69) is 72.8 Å². The fourth-order valence-electron chi connectivity index (χ4n) is 19.1. The van der Waals surface area contributed by atoms with Crippen LogP contribution in [0.2, 0.25) is 0 Å². The minimum absolute atomic E-state index is 0. The summed E-state index contributed by atoms with van der Waals surface area (Å²) in [4.78, 5) is 87.9. The Morgan fingerprint density at radius 2 is 0.214 bits per heavy atom. The van der Waals surface area contributed by atoms with Gasteiger partial charge < -0.3 is 26.5 Å². The van der Waals surface area contributed by atoms with Gasteiger partial charge in [0.15, 0.2) is 32.6 Å². The maximum Gasteiger partial charge on any atom is 0.193 e. The van der Waals surface area contributed by atoms with Crippen LogP contribution >= 0.6 is 0 Å². The molecule has 36 bridgehead atoms. The number of hydrogen-bond donors (Lipinski definition) is 0. The van der Waals surface area contributed by atoms with Crippen LogP contribution in [0.3, 0.4) is 0 Å². The molecule has 19 aromatic carbocycles. The Labute approximate surface area is 830 Å². The van der Waals surface area contributed by atoms with Crippen LogP contribution in [0.1, 0.15) is 40.8 Å². The first-order chi connectivity index (χ1) is 70.2. The van der Waals surface area contributed by atoms with Gasteiger partial charge in [0.05, 0.1) is 0 Å². The monoisotopic (exact) mass is 1880 g/mol. The molecule has 0 saturated heterocycles. The van der Waals surface area contributed by atoms with E-state index < -0.39 is 0 Å². The van der Waals surface area contributed by atoms with E-state index in [1.807, 2.05) is 260 Å². The number of benzene rings is 19. The Morgan fingerprint density at radius 1 is 0.117 bits per heavy atom.